The van der Waals surface area contributed by atoms with Crippen LogP contribution in [-0.4, -0.2) is 19.6 Å². The van der Waals surface area contributed by atoms with Gasteiger partial charge in [0.2, 0.25) is 0 Å². The molecule has 6 nitrogen and oxygen atoms in total. The zero-order chi connectivity index (χ0) is 24.5. The van der Waals surface area contributed by atoms with Gasteiger partial charge in [0.15, 0.2) is 11.5 Å². The molecule has 3 rings (SSSR count). The molecule has 3 aromatic rings. The van der Waals surface area contributed by atoms with Gasteiger partial charge < -0.3 is 19.5 Å². The minimum absolute atomic E-state index is 0.0462. The number of hydrogen-bond acceptors (Lipinski definition) is 5. The van der Waals surface area contributed by atoms with E-state index in [0.29, 0.717) is 46.2 Å². The number of hydrogen-bond donors (Lipinski definition) is 1. The Morgan fingerprint density at radius 2 is 1.76 bits per heavy atom. The molecule has 0 atom stereocenters. The van der Waals surface area contributed by atoms with Crippen LogP contribution in [0.1, 0.15) is 18.1 Å². The number of nitriles is 1. The fourth-order valence-corrected chi connectivity index (χ4v) is 3.91. The van der Waals surface area contributed by atoms with Gasteiger partial charge in [-0.3, -0.25) is 4.79 Å². The van der Waals surface area contributed by atoms with Crippen LogP contribution in [0.4, 0.5) is 5.69 Å². The van der Waals surface area contributed by atoms with Crippen molar-refractivity contribution < 1.29 is 19.0 Å². The zero-order valence-electron chi connectivity index (χ0n) is 18.6. The molecule has 0 spiro atoms. The van der Waals surface area contributed by atoms with Crippen molar-refractivity contribution in [3.05, 3.63) is 86.3 Å². The van der Waals surface area contributed by atoms with Crippen LogP contribution >= 0.6 is 31.9 Å². The number of carbonyl (C=O) groups excluding carboxylic acids is 1. The lowest BCUT2D eigenvalue weighted by Crippen LogP contribution is -2.13. The van der Waals surface area contributed by atoms with E-state index in [0.717, 1.165) is 10.0 Å². The Hall–Kier alpha value is -3.28. The molecule has 0 saturated carbocycles. The first kappa shape index (κ1) is 25.3. The summed E-state index contributed by atoms with van der Waals surface area (Å²) in [6, 6.07) is 20.3. The summed E-state index contributed by atoms with van der Waals surface area (Å²) >= 11 is 6.85. The predicted molar refractivity (Wildman–Crippen MR) is 139 cm³/mol. The molecular weight excluding hydrogens is 564 g/mol. The highest BCUT2D eigenvalue weighted by molar-refractivity contribution is 9.10. The number of ether oxygens (including phenoxy) is 3. The van der Waals surface area contributed by atoms with Crippen LogP contribution < -0.4 is 19.5 Å². The number of methoxy groups -OCH3 is 1. The maximum absolute atomic E-state index is 12.7. The Balaban J connectivity index is 1.68. The Bertz CT molecular complexity index is 1220. The predicted octanol–water partition coefficient (Wildman–Crippen LogP) is 6.74. The SMILES string of the molecule is CCOc1cc(/C=C(\C#N)C(=O)Nc2ccc(OCc3ccc(Br)cc3)cc2)cc(Br)c1OC. The Morgan fingerprint density at radius 1 is 1.06 bits per heavy atom. The average Bonchev–Trinajstić information content (AvgIpc) is 2.83. The minimum Gasteiger partial charge on any atom is -0.492 e. The average molecular weight is 586 g/mol. The van der Waals surface area contributed by atoms with Crippen molar-refractivity contribution in [2.24, 2.45) is 0 Å². The molecule has 0 radical (unpaired) electrons. The lowest BCUT2D eigenvalue weighted by atomic mass is 10.1. The molecule has 0 aliphatic rings. The summed E-state index contributed by atoms with van der Waals surface area (Å²) in [6.45, 7) is 2.74. The van der Waals surface area contributed by atoms with Crippen molar-refractivity contribution in [2.75, 3.05) is 19.0 Å². The van der Waals surface area contributed by atoms with Crippen LogP contribution in [0.5, 0.6) is 17.2 Å². The molecule has 34 heavy (non-hydrogen) atoms. The highest BCUT2D eigenvalue weighted by atomic mass is 79.9. The third-order valence-corrected chi connectivity index (χ3v) is 5.76. The van der Waals surface area contributed by atoms with Crippen LogP contribution in [0.3, 0.4) is 0 Å². The zero-order valence-corrected chi connectivity index (χ0v) is 21.8. The van der Waals surface area contributed by atoms with E-state index in [1.54, 1.807) is 43.5 Å². The summed E-state index contributed by atoms with van der Waals surface area (Å²) in [5, 5.41) is 12.3. The van der Waals surface area contributed by atoms with Gasteiger partial charge in [-0.1, -0.05) is 28.1 Å². The molecule has 0 fully saturated rings. The van der Waals surface area contributed by atoms with Gasteiger partial charge in [-0.25, -0.2) is 0 Å². The van der Waals surface area contributed by atoms with E-state index in [1.165, 1.54) is 6.08 Å². The van der Waals surface area contributed by atoms with E-state index in [1.807, 2.05) is 37.3 Å². The Kier molecular flexibility index (Phi) is 9.14. The Morgan fingerprint density at radius 3 is 2.38 bits per heavy atom. The summed E-state index contributed by atoms with van der Waals surface area (Å²) < 4.78 is 18.4. The number of benzene rings is 3. The first-order chi connectivity index (χ1) is 16.4. The van der Waals surface area contributed by atoms with Crippen molar-refractivity contribution >= 4 is 49.5 Å². The number of nitrogens with one attached hydrogen (secondary N) is 1. The third-order valence-electron chi connectivity index (χ3n) is 4.64. The summed E-state index contributed by atoms with van der Waals surface area (Å²) in [5.41, 5.74) is 2.17. The van der Waals surface area contributed by atoms with E-state index >= 15 is 0 Å². The largest absolute Gasteiger partial charge is 0.492 e. The summed E-state index contributed by atoms with van der Waals surface area (Å²) in [7, 11) is 1.55. The highest BCUT2D eigenvalue weighted by Crippen LogP contribution is 2.37. The fourth-order valence-electron chi connectivity index (χ4n) is 3.03. The molecule has 1 N–H and O–H groups in total. The van der Waals surface area contributed by atoms with Gasteiger partial charge in [0.05, 0.1) is 18.2 Å². The van der Waals surface area contributed by atoms with Gasteiger partial charge in [0.25, 0.3) is 5.91 Å². The van der Waals surface area contributed by atoms with E-state index in [4.69, 9.17) is 14.2 Å². The van der Waals surface area contributed by atoms with Crippen LogP contribution in [0, 0.1) is 11.3 Å². The van der Waals surface area contributed by atoms with Crippen molar-refractivity contribution in [2.45, 2.75) is 13.5 Å². The second-order valence-corrected chi connectivity index (χ2v) is 8.80. The minimum atomic E-state index is -0.518. The number of amides is 1. The maximum atomic E-state index is 12.7. The quantitative estimate of drug-likeness (QED) is 0.222. The topological polar surface area (TPSA) is 80.6 Å². The van der Waals surface area contributed by atoms with Crippen LogP contribution in [-0.2, 0) is 11.4 Å². The number of halogens is 2. The van der Waals surface area contributed by atoms with Crippen molar-refractivity contribution in [3.8, 4) is 23.3 Å². The summed E-state index contributed by atoms with van der Waals surface area (Å²) in [5.74, 6) is 1.21. The first-order valence-corrected chi connectivity index (χ1v) is 11.9. The van der Waals surface area contributed by atoms with E-state index < -0.39 is 5.91 Å². The first-order valence-electron chi connectivity index (χ1n) is 10.3. The molecule has 0 saturated heterocycles. The number of rotatable bonds is 9. The summed E-state index contributed by atoms with van der Waals surface area (Å²) in [4.78, 5) is 12.7. The van der Waals surface area contributed by atoms with Gasteiger partial charge in [-0.05, 0) is 88.6 Å². The monoisotopic (exact) mass is 584 g/mol. The highest BCUT2D eigenvalue weighted by Gasteiger charge is 2.14. The fraction of sp³-hybridized carbons (Fsp3) is 0.154. The molecule has 0 aromatic heterocycles. The van der Waals surface area contributed by atoms with Crippen LogP contribution in [0.2, 0.25) is 0 Å². The van der Waals surface area contributed by atoms with Gasteiger partial charge in [0.1, 0.15) is 24.0 Å². The molecule has 0 unspecified atom stereocenters. The lowest BCUT2D eigenvalue weighted by molar-refractivity contribution is -0.112. The molecular formula is C26H22Br2N2O4. The molecule has 8 heteroatoms. The second-order valence-electron chi connectivity index (χ2n) is 7.03. The molecule has 0 heterocycles. The number of anilines is 1. The lowest BCUT2D eigenvalue weighted by Gasteiger charge is -2.12. The molecule has 3 aromatic carbocycles. The van der Waals surface area contributed by atoms with Gasteiger partial charge in [0, 0.05) is 10.2 Å². The molecule has 1 amide bonds. The molecule has 174 valence electrons. The molecule has 0 aliphatic heterocycles. The van der Waals surface area contributed by atoms with Crippen molar-refractivity contribution in [1.82, 2.24) is 0 Å². The summed E-state index contributed by atoms with van der Waals surface area (Å²) in [6.07, 6.45) is 1.50. The van der Waals surface area contributed by atoms with Crippen molar-refractivity contribution in [1.29, 1.82) is 5.26 Å². The number of carbonyl (C=O) groups is 1. The van der Waals surface area contributed by atoms with E-state index in [2.05, 4.69) is 37.2 Å². The standard InChI is InChI=1S/C26H22Br2N2O4/c1-3-33-24-14-18(13-23(28)25(24)32-2)12-19(15-29)26(31)30-21-8-10-22(11-9-21)34-16-17-4-6-20(27)7-5-17/h4-14H,3,16H2,1-2H3,(H,30,31)/b19-12+. The normalized spacial score (nSPS) is 10.9. The smallest absolute Gasteiger partial charge is 0.266 e. The van der Waals surface area contributed by atoms with Crippen LogP contribution in [0.25, 0.3) is 6.08 Å². The van der Waals surface area contributed by atoms with Crippen LogP contribution in [0.15, 0.2) is 75.2 Å². The third kappa shape index (κ3) is 6.86. The van der Waals surface area contributed by atoms with Gasteiger partial charge in [-0.15, -0.1) is 0 Å². The Labute approximate surface area is 215 Å². The van der Waals surface area contributed by atoms with Gasteiger partial charge >= 0.3 is 0 Å². The van der Waals surface area contributed by atoms with E-state index in [9.17, 15) is 10.1 Å². The van der Waals surface area contributed by atoms with Crippen molar-refractivity contribution in [3.63, 3.8) is 0 Å². The molecule has 0 bridgehead atoms. The maximum Gasteiger partial charge on any atom is 0.266 e. The number of nitrogens with zero attached hydrogens (tertiary/aromatic N) is 1. The van der Waals surface area contributed by atoms with E-state index in [-0.39, 0.29) is 5.57 Å². The second kappa shape index (κ2) is 12.3. The molecule has 0 aliphatic carbocycles. The van der Waals surface area contributed by atoms with Gasteiger partial charge in [-0.2, -0.15) is 5.26 Å².